The highest BCUT2D eigenvalue weighted by Gasteiger charge is 2.37. The SMILES string of the molecule is [2H]C([2H])([2H])c1cc(N(c2cccc(Cl)c2)c2ccc(C(C)(C)C)cc2C)cc(N(c2ccc3c(c2)C(C)(C)CCC3(C)C)c2ccc(C(C)(C)C)cc2-c2ccccc2)c1. The third-order valence-corrected chi connectivity index (χ3v) is 12.3. The summed E-state index contributed by atoms with van der Waals surface area (Å²) < 4.78 is 26.7. The van der Waals surface area contributed by atoms with Crippen LogP contribution in [0.25, 0.3) is 11.1 Å². The second-order valence-electron chi connectivity index (χ2n) is 19.5. The van der Waals surface area contributed by atoms with Gasteiger partial charge in [-0.3, -0.25) is 0 Å². The molecular weight excluding hydrogens is 712 g/mol. The maximum absolute atomic E-state index is 8.91. The molecule has 6 aromatic carbocycles. The largest absolute Gasteiger partial charge is 0.310 e. The molecule has 0 amide bonds. The van der Waals surface area contributed by atoms with Crippen molar-refractivity contribution in [2.24, 2.45) is 0 Å². The molecule has 57 heavy (non-hydrogen) atoms. The van der Waals surface area contributed by atoms with E-state index in [1.807, 2.05) is 42.5 Å². The first-order valence-corrected chi connectivity index (χ1v) is 20.8. The van der Waals surface area contributed by atoms with E-state index in [2.05, 4.69) is 171 Å². The number of hydrogen-bond acceptors (Lipinski definition) is 2. The Hall–Kier alpha value is -4.79. The van der Waals surface area contributed by atoms with E-state index in [0.717, 1.165) is 63.7 Å². The summed E-state index contributed by atoms with van der Waals surface area (Å²) in [5.41, 5.74) is 13.7. The molecule has 0 saturated carbocycles. The summed E-state index contributed by atoms with van der Waals surface area (Å²) in [6.45, 7) is 22.5. The molecule has 0 bridgehead atoms. The molecular formula is C54H61ClN2. The molecule has 0 aromatic heterocycles. The van der Waals surface area contributed by atoms with Crippen LogP contribution in [0, 0.1) is 13.8 Å². The molecule has 7 rings (SSSR count). The van der Waals surface area contributed by atoms with E-state index in [1.54, 1.807) is 0 Å². The topological polar surface area (TPSA) is 6.48 Å². The van der Waals surface area contributed by atoms with Crippen LogP contribution in [0.5, 0.6) is 0 Å². The van der Waals surface area contributed by atoms with Crippen molar-refractivity contribution in [2.75, 3.05) is 9.80 Å². The molecule has 2 nitrogen and oxygen atoms in total. The second kappa shape index (κ2) is 14.9. The van der Waals surface area contributed by atoms with Gasteiger partial charge >= 0.3 is 0 Å². The maximum Gasteiger partial charge on any atom is 0.0540 e. The molecule has 0 atom stereocenters. The van der Waals surface area contributed by atoms with Gasteiger partial charge in [-0.15, -0.1) is 0 Å². The van der Waals surface area contributed by atoms with Crippen LogP contribution in [0.3, 0.4) is 0 Å². The van der Waals surface area contributed by atoms with Gasteiger partial charge in [-0.2, -0.15) is 0 Å². The first-order valence-electron chi connectivity index (χ1n) is 21.9. The average molecular weight is 777 g/mol. The monoisotopic (exact) mass is 775 g/mol. The molecule has 3 heteroatoms. The van der Waals surface area contributed by atoms with Crippen LogP contribution in [0.1, 0.15) is 120 Å². The molecule has 1 aliphatic rings. The fourth-order valence-electron chi connectivity index (χ4n) is 8.46. The van der Waals surface area contributed by atoms with Crippen molar-refractivity contribution in [3.05, 3.63) is 166 Å². The highest BCUT2D eigenvalue weighted by atomic mass is 35.5. The van der Waals surface area contributed by atoms with Crippen molar-refractivity contribution < 1.29 is 4.11 Å². The van der Waals surface area contributed by atoms with Crippen LogP contribution in [-0.2, 0) is 21.7 Å². The molecule has 0 aliphatic heterocycles. The Bertz CT molecular complexity index is 2540. The quantitative estimate of drug-likeness (QED) is 0.159. The Morgan fingerprint density at radius 1 is 0.544 bits per heavy atom. The molecule has 0 heterocycles. The van der Waals surface area contributed by atoms with Gasteiger partial charge in [-0.1, -0.05) is 142 Å². The lowest BCUT2D eigenvalue weighted by atomic mass is 9.63. The van der Waals surface area contributed by atoms with Crippen LogP contribution in [0.15, 0.2) is 127 Å². The zero-order chi connectivity index (χ0) is 43.6. The Kier molecular flexibility index (Phi) is 9.53. The summed E-state index contributed by atoms with van der Waals surface area (Å²) in [5.74, 6) is 0. The number of hydrogen-bond donors (Lipinski definition) is 0. The van der Waals surface area contributed by atoms with E-state index < -0.39 is 6.85 Å². The smallest absolute Gasteiger partial charge is 0.0540 e. The lowest BCUT2D eigenvalue weighted by molar-refractivity contribution is 0.332. The van der Waals surface area contributed by atoms with E-state index in [0.29, 0.717) is 5.02 Å². The predicted molar refractivity (Wildman–Crippen MR) is 248 cm³/mol. The second-order valence-corrected chi connectivity index (χ2v) is 19.9. The van der Waals surface area contributed by atoms with E-state index in [9.17, 15) is 0 Å². The zero-order valence-electron chi connectivity index (χ0n) is 38.8. The minimum absolute atomic E-state index is 0.0317. The predicted octanol–water partition coefficient (Wildman–Crippen LogP) is 16.5. The standard InChI is InChI=1S/C54H61ClN2/c1-36-29-44(56(42-20-16-19-41(55)33-42)49-25-21-39(31-37(49)2)51(3,4)5)34-45(30-36)57(43-23-24-47-48(35-43)54(11,12)28-27-53(47,9)10)50-26-22-40(52(6,7)8)32-46(50)38-17-14-13-15-18-38/h13-26,29-35H,27-28H2,1-12H3/i1D3. The van der Waals surface area contributed by atoms with Crippen molar-refractivity contribution in [3.8, 4) is 11.1 Å². The molecule has 0 radical (unpaired) electrons. The van der Waals surface area contributed by atoms with E-state index in [4.69, 9.17) is 15.7 Å². The van der Waals surface area contributed by atoms with Gasteiger partial charge in [-0.25, -0.2) is 0 Å². The Balaban J connectivity index is 1.58. The molecule has 294 valence electrons. The molecule has 0 fully saturated rings. The minimum atomic E-state index is -2.40. The summed E-state index contributed by atoms with van der Waals surface area (Å²) in [5, 5.41) is 0.598. The molecule has 0 unspecified atom stereocenters. The summed E-state index contributed by atoms with van der Waals surface area (Å²) >= 11 is 6.73. The number of aryl methyl sites for hydroxylation is 2. The van der Waals surface area contributed by atoms with Crippen LogP contribution >= 0.6 is 11.6 Å². The van der Waals surface area contributed by atoms with Crippen molar-refractivity contribution in [1.29, 1.82) is 0 Å². The normalized spacial score (nSPS) is 15.9. The van der Waals surface area contributed by atoms with Crippen molar-refractivity contribution in [1.82, 2.24) is 0 Å². The van der Waals surface area contributed by atoms with E-state index in [-0.39, 0.29) is 27.2 Å². The third-order valence-electron chi connectivity index (χ3n) is 12.1. The average Bonchev–Trinajstić information content (AvgIpc) is 3.17. The van der Waals surface area contributed by atoms with Gasteiger partial charge in [0.1, 0.15) is 0 Å². The fourth-order valence-corrected chi connectivity index (χ4v) is 8.64. The maximum atomic E-state index is 8.91. The molecule has 1 aliphatic carbocycles. The van der Waals surface area contributed by atoms with E-state index in [1.165, 1.54) is 22.3 Å². The van der Waals surface area contributed by atoms with Crippen LogP contribution in [0.2, 0.25) is 5.02 Å². The lowest BCUT2D eigenvalue weighted by Gasteiger charge is -2.42. The number of fused-ring (bicyclic) bond motifs is 1. The minimum Gasteiger partial charge on any atom is -0.310 e. The van der Waals surface area contributed by atoms with Crippen molar-refractivity contribution in [2.45, 2.75) is 118 Å². The zero-order valence-corrected chi connectivity index (χ0v) is 36.6. The summed E-state index contributed by atoms with van der Waals surface area (Å²) in [7, 11) is 0. The van der Waals surface area contributed by atoms with Crippen LogP contribution < -0.4 is 9.80 Å². The summed E-state index contributed by atoms with van der Waals surface area (Å²) in [6, 6.07) is 44.5. The van der Waals surface area contributed by atoms with Gasteiger partial charge in [0.2, 0.25) is 0 Å². The first kappa shape index (κ1) is 36.5. The molecule has 0 spiro atoms. The van der Waals surface area contributed by atoms with E-state index >= 15 is 0 Å². The Morgan fingerprint density at radius 2 is 1.12 bits per heavy atom. The number of nitrogens with zero attached hydrogens (tertiary/aromatic N) is 2. The third kappa shape index (κ3) is 8.17. The number of anilines is 6. The summed E-state index contributed by atoms with van der Waals surface area (Å²) in [4.78, 5) is 4.45. The molecule has 0 saturated heterocycles. The lowest BCUT2D eigenvalue weighted by Crippen LogP contribution is -2.34. The van der Waals surface area contributed by atoms with Gasteiger partial charge in [-0.05, 0) is 154 Å². The van der Waals surface area contributed by atoms with Crippen molar-refractivity contribution >= 4 is 45.7 Å². The number of benzene rings is 6. The Morgan fingerprint density at radius 3 is 1.72 bits per heavy atom. The van der Waals surface area contributed by atoms with Crippen LogP contribution in [-0.4, -0.2) is 0 Å². The van der Waals surface area contributed by atoms with Gasteiger partial charge < -0.3 is 9.80 Å². The van der Waals surface area contributed by atoms with Gasteiger partial charge in [0.15, 0.2) is 0 Å². The highest BCUT2D eigenvalue weighted by Crippen LogP contribution is 2.50. The fraction of sp³-hybridized carbons (Fsp3) is 0.333. The number of rotatable bonds is 7. The molecule has 0 N–H and O–H groups in total. The Labute approximate surface area is 352 Å². The summed E-state index contributed by atoms with van der Waals surface area (Å²) in [6.07, 6.45) is 2.19. The van der Waals surface area contributed by atoms with Gasteiger partial charge in [0, 0.05) is 43.1 Å². The van der Waals surface area contributed by atoms with Crippen LogP contribution in [0.4, 0.5) is 34.1 Å². The molecule has 6 aromatic rings. The highest BCUT2D eigenvalue weighted by molar-refractivity contribution is 6.30. The number of halogens is 1. The first-order chi connectivity index (χ1) is 27.9. The van der Waals surface area contributed by atoms with Gasteiger partial charge in [0.05, 0.1) is 5.69 Å². The van der Waals surface area contributed by atoms with Crippen molar-refractivity contribution in [3.63, 3.8) is 0 Å². The van der Waals surface area contributed by atoms with Gasteiger partial charge in [0.25, 0.3) is 0 Å².